The summed E-state index contributed by atoms with van der Waals surface area (Å²) in [6, 6.07) is 10.9. The van der Waals surface area contributed by atoms with Crippen molar-refractivity contribution in [3.8, 4) is 0 Å². The van der Waals surface area contributed by atoms with E-state index >= 15 is 0 Å². The smallest absolute Gasteiger partial charge is 0.303 e. The van der Waals surface area contributed by atoms with Gasteiger partial charge in [-0.3, -0.25) is 28.9 Å². The Morgan fingerprint density at radius 1 is 0.930 bits per heavy atom. The number of amidine groups is 1. The number of rotatable bonds is 8. The number of carbonyl (C=O) groups excluding carboxylic acids is 5. The van der Waals surface area contributed by atoms with Crippen molar-refractivity contribution in [3.05, 3.63) is 57.9 Å². The van der Waals surface area contributed by atoms with Crippen LogP contribution in [0.3, 0.4) is 0 Å². The van der Waals surface area contributed by atoms with Crippen LogP contribution >= 0.6 is 23.1 Å². The number of thiophene rings is 1. The first kappa shape index (κ1) is 31.9. The Bertz CT molecular complexity index is 1440. The third kappa shape index (κ3) is 8.09. The zero-order valence-electron chi connectivity index (χ0n) is 24.0. The Hall–Kier alpha value is -4.01. The van der Waals surface area contributed by atoms with Crippen LogP contribution in [-0.4, -0.2) is 71.4 Å². The minimum Gasteiger partial charge on any atom is -0.463 e. The van der Waals surface area contributed by atoms with Gasteiger partial charge in [-0.2, -0.15) is 0 Å². The summed E-state index contributed by atoms with van der Waals surface area (Å²) in [4.78, 5) is 68.6. The number of benzene rings is 1. The highest BCUT2D eigenvalue weighted by Crippen LogP contribution is 2.39. The number of amides is 1. The van der Waals surface area contributed by atoms with E-state index in [1.807, 2.05) is 36.6 Å². The Balaban J connectivity index is 1.78. The normalized spacial score (nSPS) is 24.3. The van der Waals surface area contributed by atoms with Crippen molar-refractivity contribution in [2.45, 2.75) is 64.5 Å². The van der Waals surface area contributed by atoms with Crippen molar-refractivity contribution >= 4 is 69.8 Å². The van der Waals surface area contributed by atoms with Crippen LogP contribution in [0.25, 0.3) is 6.08 Å². The molecule has 0 radical (unpaired) electrons. The molecule has 12 nitrogen and oxygen atoms in total. The summed E-state index contributed by atoms with van der Waals surface area (Å²) in [5.41, 5.74) is 0.523. The summed E-state index contributed by atoms with van der Waals surface area (Å²) < 4.78 is 27.9. The Labute approximate surface area is 256 Å². The molecule has 0 spiro atoms. The number of carbonyl (C=O) groups is 5. The molecule has 2 aliphatic heterocycles. The van der Waals surface area contributed by atoms with E-state index in [1.165, 1.54) is 23.2 Å². The van der Waals surface area contributed by atoms with Gasteiger partial charge >= 0.3 is 23.9 Å². The second kappa shape index (κ2) is 14.0. The lowest BCUT2D eigenvalue weighted by Crippen LogP contribution is -2.61. The van der Waals surface area contributed by atoms with E-state index in [4.69, 9.17) is 23.7 Å². The Morgan fingerprint density at radius 2 is 1.56 bits per heavy atom. The number of ether oxygens (including phenoxy) is 5. The number of hydrogen-bond acceptors (Lipinski definition) is 13. The van der Waals surface area contributed by atoms with Crippen molar-refractivity contribution in [1.29, 1.82) is 0 Å². The van der Waals surface area contributed by atoms with Gasteiger partial charge in [0.25, 0.3) is 5.91 Å². The third-order valence-electron chi connectivity index (χ3n) is 6.11. The average molecular weight is 631 g/mol. The highest BCUT2D eigenvalue weighted by atomic mass is 32.2. The first-order valence-corrected chi connectivity index (χ1v) is 14.9. The maximum Gasteiger partial charge on any atom is 0.303 e. The van der Waals surface area contributed by atoms with Crippen LogP contribution in [0, 0.1) is 6.92 Å². The molecule has 0 bridgehead atoms. The summed E-state index contributed by atoms with van der Waals surface area (Å²) in [5, 5.41) is 2.07. The number of esters is 4. The summed E-state index contributed by atoms with van der Waals surface area (Å²) >= 11 is 2.38. The van der Waals surface area contributed by atoms with E-state index in [0.717, 1.165) is 43.0 Å². The summed E-state index contributed by atoms with van der Waals surface area (Å²) in [6.45, 7) is 6.20. The van der Waals surface area contributed by atoms with Gasteiger partial charge in [-0.1, -0.05) is 35.5 Å². The molecule has 5 atom stereocenters. The molecule has 2 aromatic rings. The fraction of sp³-hybridized carbons (Fsp3) is 0.379. The molecule has 1 aromatic heterocycles. The molecule has 4 rings (SSSR count). The molecule has 1 saturated heterocycles. The van der Waals surface area contributed by atoms with Gasteiger partial charge in [-0.25, -0.2) is 4.99 Å². The standard InChI is InChI=1S/C29H30N2O10S2/c1-15-8-10-20(11-9-15)31-27(36)22(13-21-7-6-12-42-21)30-29(31)43-28-26(40-19(5)35)25(39-18(4)34)24(38-17(3)33)23(41-28)14-37-16(2)32/h6-13,23-26,28H,14H2,1-5H3/b22-13-/t23-,24+,25-,26+,28-/m0/s1. The SMILES string of the molecule is CC(=O)OC[C@@H]1O[C@@H](SC2=N/C(=C\c3cccs3)C(=O)N2c2ccc(C)cc2)[C@H](OC(C)=O)[C@@H](OC(C)=O)[C@@H]1OC(C)=O. The van der Waals surface area contributed by atoms with E-state index in [1.54, 1.807) is 18.2 Å². The molecule has 2 aliphatic rings. The van der Waals surface area contributed by atoms with Crippen LogP contribution in [-0.2, 0) is 47.7 Å². The summed E-state index contributed by atoms with van der Waals surface area (Å²) in [6.07, 6.45) is -3.42. The van der Waals surface area contributed by atoms with Crippen molar-refractivity contribution in [2.24, 2.45) is 4.99 Å². The number of aryl methyl sites for hydroxylation is 1. The van der Waals surface area contributed by atoms with Gasteiger partial charge in [0, 0.05) is 32.6 Å². The number of nitrogens with zero attached hydrogens (tertiary/aromatic N) is 2. The molecule has 14 heteroatoms. The van der Waals surface area contributed by atoms with Crippen LogP contribution < -0.4 is 4.90 Å². The van der Waals surface area contributed by atoms with Gasteiger partial charge < -0.3 is 23.7 Å². The van der Waals surface area contributed by atoms with Gasteiger partial charge in [0.1, 0.15) is 18.4 Å². The summed E-state index contributed by atoms with van der Waals surface area (Å²) in [7, 11) is 0. The number of hydrogen-bond donors (Lipinski definition) is 0. The molecular weight excluding hydrogens is 600 g/mol. The maximum atomic E-state index is 13.7. The van der Waals surface area contributed by atoms with Gasteiger partial charge in [0.05, 0.1) is 5.69 Å². The van der Waals surface area contributed by atoms with Crippen LogP contribution in [0.15, 0.2) is 52.5 Å². The van der Waals surface area contributed by atoms with Crippen LogP contribution in [0.1, 0.15) is 38.1 Å². The van der Waals surface area contributed by atoms with Gasteiger partial charge in [0.2, 0.25) is 0 Å². The molecule has 0 unspecified atom stereocenters. The predicted octanol–water partition coefficient (Wildman–Crippen LogP) is 3.62. The topological polar surface area (TPSA) is 147 Å². The predicted molar refractivity (Wildman–Crippen MR) is 158 cm³/mol. The fourth-order valence-corrected chi connectivity index (χ4v) is 6.24. The van der Waals surface area contributed by atoms with Gasteiger partial charge in [-0.05, 0) is 36.6 Å². The second-order valence-corrected chi connectivity index (χ2v) is 11.6. The lowest BCUT2D eigenvalue weighted by atomic mass is 9.99. The van der Waals surface area contributed by atoms with Crippen LogP contribution in [0.5, 0.6) is 0 Å². The highest BCUT2D eigenvalue weighted by Gasteiger charge is 2.53. The zero-order chi connectivity index (χ0) is 31.3. The minimum atomic E-state index is -1.34. The average Bonchev–Trinajstić information content (AvgIpc) is 3.54. The van der Waals surface area contributed by atoms with Crippen LogP contribution in [0.2, 0.25) is 0 Å². The monoisotopic (exact) mass is 630 g/mol. The molecule has 3 heterocycles. The molecule has 1 amide bonds. The van der Waals surface area contributed by atoms with E-state index in [2.05, 4.69) is 4.99 Å². The van der Waals surface area contributed by atoms with E-state index < -0.39 is 59.6 Å². The highest BCUT2D eigenvalue weighted by molar-refractivity contribution is 8.14. The first-order valence-electron chi connectivity index (χ1n) is 13.1. The fourth-order valence-electron chi connectivity index (χ4n) is 4.39. The number of anilines is 1. The number of aliphatic imine (C=N–C) groups is 1. The number of thioether (sulfide) groups is 1. The zero-order valence-corrected chi connectivity index (χ0v) is 25.6. The molecular formula is C29H30N2O10S2. The largest absolute Gasteiger partial charge is 0.463 e. The van der Waals surface area contributed by atoms with Crippen LogP contribution in [0.4, 0.5) is 5.69 Å². The van der Waals surface area contributed by atoms with E-state index in [-0.39, 0.29) is 17.5 Å². The molecule has 43 heavy (non-hydrogen) atoms. The molecule has 1 fully saturated rings. The van der Waals surface area contributed by atoms with Gasteiger partial charge in [0.15, 0.2) is 28.9 Å². The maximum absolute atomic E-state index is 13.7. The lowest BCUT2D eigenvalue weighted by Gasteiger charge is -2.44. The third-order valence-corrected chi connectivity index (χ3v) is 8.03. The van der Waals surface area contributed by atoms with Crippen molar-refractivity contribution < 1.29 is 47.7 Å². The minimum absolute atomic E-state index is 0.163. The second-order valence-electron chi connectivity index (χ2n) is 9.60. The molecule has 0 saturated carbocycles. The quantitative estimate of drug-likeness (QED) is 0.239. The van der Waals surface area contributed by atoms with E-state index in [9.17, 15) is 24.0 Å². The van der Waals surface area contributed by atoms with Crippen molar-refractivity contribution in [1.82, 2.24) is 0 Å². The van der Waals surface area contributed by atoms with Crippen molar-refractivity contribution in [2.75, 3.05) is 11.5 Å². The van der Waals surface area contributed by atoms with E-state index in [0.29, 0.717) is 5.69 Å². The Kier molecular flexibility index (Phi) is 10.4. The first-order chi connectivity index (χ1) is 20.4. The molecule has 0 N–H and O–H groups in total. The molecule has 228 valence electrons. The lowest BCUT2D eigenvalue weighted by molar-refractivity contribution is -0.237. The summed E-state index contributed by atoms with van der Waals surface area (Å²) in [5.74, 6) is -3.22. The Morgan fingerprint density at radius 3 is 2.14 bits per heavy atom. The molecule has 1 aromatic carbocycles. The van der Waals surface area contributed by atoms with Gasteiger partial charge in [-0.15, -0.1) is 11.3 Å². The molecule has 0 aliphatic carbocycles. The van der Waals surface area contributed by atoms with Crippen molar-refractivity contribution in [3.63, 3.8) is 0 Å².